The molecule has 0 aromatic heterocycles. The molecule has 0 amide bonds. The zero-order valence-electron chi connectivity index (χ0n) is 20.9. The Morgan fingerprint density at radius 2 is 0.758 bits per heavy atom. The molecule has 0 atom stereocenters. The molecule has 2 aromatic carbocycles. The van der Waals surface area contributed by atoms with Gasteiger partial charge < -0.3 is 24.8 Å². The number of phenols is 2. The maximum Gasteiger partial charge on any atom is -1.00 e. The molecular formula is C28H42Cl2O2Sn. The van der Waals surface area contributed by atoms with Crippen molar-refractivity contribution in [2.24, 2.45) is 0 Å². The summed E-state index contributed by atoms with van der Waals surface area (Å²) in [5.74, 6) is 1.09. The smallest absolute Gasteiger partial charge is 1.00 e. The van der Waals surface area contributed by atoms with Gasteiger partial charge in [-0.25, -0.2) is 0 Å². The molecule has 0 saturated heterocycles. The van der Waals surface area contributed by atoms with Crippen LogP contribution < -0.4 is 32.0 Å². The summed E-state index contributed by atoms with van der Waals surface area (Å²) >= 11 is -1.01. The van der Waals surface area contributed by atoms with Gasteiger partial charge in [0, 0.05) is 0 Å². The molecule has 0 saturated carbocycles. The van der Waals surface area contributed by atoms with Crippen LogP contribution in [0.3, 0.4) is 0 Å². The van der Waals surface area contributed by atoms with Gasteiger partial charge in [0.25, 0.3) is 0 Å². The average Bonchev–Trinajstić information content (AvgIpc) is 2.77. The van der Waals surface area contributed by atoms with Crippen molar-refractivity contribution in [1.29, 1.82) is 0 Å². The van der Waals surface area contributed by atoms with Gasteiger partial charge in [-0.05, 0) is 0 Å². The van der Waals surface area contributed by atoms with Crippen LogP contribution in [0.2, 0.25) is 0 Å². The molecular weight excluding hydrogens is 558 g/mol. The van der Waals surface area contributed by atoms with Crippen molar-refractivity contribution in [3.8, 4) is 11.5 Å². The van der Waals surface area contributed by atoms with E-state index in [0.717, 1.165) is 99.3 Å². The van der Waals surface area contributed by atoms with Gasteiger partial charge in [0.2, 0.25) is 0 Å². The molecule has 0 unspecified atom stereocenters. The van der Waals surface area contributed by atoms with Gasteiger partial charge in [-0.15, -0.1) is 0 Å². The first kappa shape index (κ1) is 32.4. The van der Waals surface area contributed by atoms with E-state index in [9.17, 15) is 10.2 Å². The molecule has 0 fully saturated rings. The van der Waals surface area contributed by atoms with E-state index in [1.165, 1.54) is 7.16 Å². The minimum atomic E-state index is -1.01. The summed E-state index contributed by atoms with van der Waals surface area (Å²) in [6, 6.07) is 9.15. The van der Waals surface area contributed by atoms with Gasteiger partial charge in [0.15, 0.2) is 0 Å². The topological polar surface area (TPSA) is 40.5 Å². The quantitative estimate of drug-likeness (QED) is 0.303. The predicted molar refractivity (Wildman–Crippen MR) is 136 cm³/mol. The fourth-order valence-electron chi connectivity index (χ4n) is 4.06. The molecule has 0 heterocycles. The molecule has 33 heavy (non-hydrogen) atoms. The van der Waals surface area contributed by atoms with Crippen molar-refractivity contribution in [3.05, 3.63) is 46.5 Å². The van der Waals surface area contributed by atoms with Crippen molar-refractivity contribution in [2.75, 3.05) is 0 Å². The average molecular weight is 600 g/mol. The van der Waals surface area contributed by atoms with Gasteiger partial charge in [-0.3, -0.25) is 0 Å². The summed E-state index contributed by atoms with van der Waals surface area (Å²) < 4.78 is 2.90. The minimum absolute atomic E-state index is 0. The van der Waals surface area contributed by atoms with Crippen molar-refractivity contribution in [1.82, 2.24) is 0 Å². The van der Waals surface area contributed by atoms with Crippen molar-refractivity contribution in [3.63, 3.8) is 0 Å². The molecule has 2 N–H and O–H groups in total. The number of benzene rings is 2. The van der Waals surface area contributed by atoms with Gasteiger partial charge >= 0.3 is 201 Å². The summed E-state index contributed by atoms with van der Waals surface area (Å²) in [5, 5.41) is 21.7. The fraction of sp³-hybridized carbons (Fsp3) is 0.571. The van der Waals surface area contributed by atoms with Crippen LogP contribution in [0, 0.1) is 0 Å². The zero-order chi connectivity index (χ0) is 22.6. The third-order valence-electron chi connectivity index (χ3n) is 6.02. The first-order valence-corrected chi connectivity index (χ1v) is 15.4. The molecule has 0 radical (unpaired) electrons. The molecule has 0 spiro atoms. The number of halogens is 2. The van der Waals surface area contributed by atoms with Crippen LogP contribution in [0.1, 0.15) is 101 Å². The molecule has 2 aromatic rings. The summed E-state index contributed by atoms with van der Waals surface area (Å²) in [6.45, 7) is 8.84. The normalized spacial score (nSPS) is 10.3. The Hall–Kier alpha value is -0.581. The van der Waals surface area contributed by atoms with Crippen molar-refractivity contribution < 1.29 is 35.0 Å². The Bertz CT molecular complexity index is 698. The summed E-state index contributed by atoms with van der Waals surface area (Å²) in [7, 11) is 0. The number of unbranched alkanes of at least 4 members (excludes halogenated alkanes) is 4. The second-order valence-electron chi connectivity index (χ2n) is 8.83. The summed E-state index contributed by atoms with van der Waals surface area (Å²) in [6.07, 6.45) is 12.9. The molecule has 5 heteroatoms. The van der Waals surface area contributed by atoms with Crippen LogP contribution >= 0.6 is 0 Å². The van der Waals surface area contributed by atoms with Crippen LogP contribution in [-0.2, 0) is 25.7 Å². The van der Waals surface area contributed by atoms with E-state index in [1.807, 2.05) is 0 Å². The fourth-order valence-corrected chi connectivity index (χ4v) is 7.83. The largest absolute Gasteiger partial charge is 1.00 e. The third-order valence-corrected chi connectivity index (χ3v) is 9.32. The SMILES string of the molecule is CCCCc1c[c]([Sn+2][c]2cc(CCCC)c(O)c(CCCC)c2)cc(CCCC)c1O.[Cl-].[Cl-]. The number of phenolic OH excluding ortho intramolecular Hbond substituents is 2. The third kappa shape index (κ3) is 10.3. The second-order valence-corrected chi connectivity index (χ2v) is 12.8. The minimum Gasteiger partial charge on any atom is -1.00 e. The number of hydrogen-bond donors (Lipinski definition) is 2. The van der Waals surface area contributed by atoms with Crippen LogP contribution in [0.5, 0.6) is 11.5 Å². The van der Waals surface area contributed by atoms with Gasteiger partial charge in [0.05, 0.1) is 0 Å². The first-order chi connectivity index (χ1) is 15.0. The monoisotopic (exact) mass is 600 g/mol. The first-order valence-electron chi connectivity index (χ1n) is 12.5. The molecule has 184 valence electrons. The van der Waals surface area contributed by atoms with Crippen molar-refractivity contribution in [2.45, 2.75) is 105 Å². The number of aromatic hydroxyl groups is 2. The number of hydrogen-bond acceptors (Lipinski definition) is 2. The Labute approximate surface area is 225 Å². The van der Waals surface area contributed by atoms with E-state index in [2.05, 4.69) is 52.0 Å². The van der Waals surface area contributed by atoms with Crippen LogP contribution in [0.15, 0.2) is 24.3 Å². The molecule has 0 aliphatic carbocycles. The van der Waals surface area contributed by atoms with Gasteiger partial charge in [-0.2, -0.15) is 0 Å². The van der Waals surface area contributed by atoms with E-state index >= 15 is 0 Å². The van der Waals surface area contributed by atoms with Crippen molar-refractivity contribution >= 4 is 28.3 Å². The number of rotatable bonds is 14. The Morgan fingerprint density at radius 3 is 0.970 bits per heavy atom. The van der Waals surface area contributed by atoms with E-state index in [4.69, 9.17) is 0 Å². The Morgan fingerprint density at radius 1 is 0.515 bits per heavy atom. The van der Waals surface area contributed by atoms with E-state index in [-0.39, 0.29) is 24.8 Å². The van der Waals surface area contributed by atoms with E-state index < -0.39 is 21.1 Å². The molecule has 2 nitrogen and oxygen atoms in total. The summed E-state index contributed by atoms with van der Waals surface area (Å²) in [5.41, 5.74) is 4.56. The van der Waals surface area contributed by atoms with Crippen LogP contribution in [0.25, 0.3) is 0 Å². The van der Waals surface area contributed by atoms with E-state index in [1.54, 1.807) is 0 Å². The number of aryl methyl sites for hydroxylation is 4. The standard InChI is InChI=1S/2C14H21O.2ClH.Sn/c2*1-3-5-8-12-10-7-11-13(14(12)15)9-6-4-2;;;/h2*10-11,15H,3-6,8-9H2,1-2H3;2*1H;/q;;;;+2/p-2. The summed E-state index contributed by atoms with van der Waals surface area (Å²) in [4.78, 5) is 0. The zero-order valence-corrected chi connectivity index (χ0v) is 25.3. The van der Waals surface area contributed by atoms with E-state index in [0.29, 0.717) is 11.5 Å². The Kier molecular flexibility index (Phi) is 17.5. The maximum absolute atomic E-state index is 10.8. The Balaban J connectivity index is 0.00000512. The molecule has 0 bridgehead atoms. The molecule has 2 rings (SSSR count). The van der Waals surface area contributed by atoms with Crippen LogP contribution in [0.4, 0.5) is 0 Å². The van der Waals surface area contributed by atoms with Gasteiger partial charge in [-0.1, -0.05) is 0 Å². The predicted octanol–water partition coefficient (Wildman–Crippen LogP) is 0.131. The molecule has 0 aliphatic heterocycles. The molecule has 0 aliphatic rings. The van der Waals surface area contributed by atoms with Crippen LogP contribution in [-0.4, -0.2) is 31.4 Å². The van der Waals surface area contributed by atoms with Gasteiger partial charge in [0.1, 0.15) is 0 Å². The second kappa shape index (κ2) is 17.8. The maximum atomic E-state index is 10.8.